The van der Waals surface area contributed by atoms with Gasteiger partial charge in [-0.15, -0.1) is 0 Å². The van der Waals surface area contributed by atoms with Gasteiger partial charge < -0.3 is 9.47 Å². The first-order valence-electron chi connectivity index (χ1n) is 6.71. The number of aryl methyl sites for hydroxylation is 1. The number of hydrogen-bond acceptors (Lipinski definition) is 6. The van der Waals surface area contributed by atoms with Gasteiger partial charge in [0.15, 0.2) is 9.84 Å². The minimum absolute atomic E-state index is 0.0650. The van der Waals surface area contributed by atoms with Crippen LogP contribution in [0.4, 0.5) is 0 Å². The van der Waals surface area contributed by atoms with E-state index in [1.165, 1.54) is 18.2 Å². The molecule has 1 fully saturated rings. The highest BCUT2D eigenvalue weighted by Gasteiger charge is 2.46. The number of hydrogen-bond donors (Lipinski definition) is 0. The van der Waals surface area contributed by atoms with Crippen LogP contribution in [0.1, 0.15) is 29.8 Å². The Morgan fingerprint density at radius 3 is 2.50 bits per heavy atom. The molecule has 22 heavy (non-hydrogen) atoms. The van der Waals surface area contributed by atoms with Crippen LogP contribution in [0.15, 0.2) is 23.1 Å². The van der Waals surface area contributed by atoms with Crippen LogP contribution in [-0.2, 0) is 24.1 Å². The fraction of sp³-hybridized carbons (Fsp3) is 0.467. The van der Waals surface area contributed by atoms with Crippen molar-refractivity contribution in [2.24, 2.45) is 5.41 Å². The second kappa shape index (κ2) is 5.39. The summed E-state index contributed by atoms with van der Waals surface area (Å²) in [5.74, 6) is -1.34. The van der Waals surface area contributed by atoms with Crippen LogP contribution in [-0.4, -0.2) is 39.3 Å². The third kappa shape index (κ3) is 3.14. The van der Waals surface area contributed by atoms with E-state index in [9.17, 15) is 18.0 Å². The first kappa shape index (κ1) is 16.5. The Morgan fingerprint density at radius 1 is 1.36 bits per heavy atom. The molecule has 0 unspecified atom stereocenters. The number of esters is 2. The number of carbonyl (C=O) groups is 2. The second-order valence-corrected chi connectivity index (χ2v) is 8.12. The lowest BCUT2D eigenvalue weighted by atomic mass is 9.90. The summed E-state index contributed by atoms with van der Waals surface area (Å²) in [7, 11) is -3.45. The summed E-state index contributed by atoms with van der Waals surface area (Å²) in [5.41, 5.74) is 0.0121. The number of benzene rings is 1. The summed E-state index contributed by atoms with van der Waals surface area (Å²) in [6.07, 6.45) is 0.0741. The number of carbonyl (C=O) groups excluding carboxylic acids is 2. The molecule has 120 valence electrons. The fourth-order valence-corrected chi connectivity index (χ4v) is 3.23. The van der Waals surface area contributed by atoms with Crippen LogP contribution in [0.25, 0.3) is 0 Å². The van der Waals surface area contributed by atoms with Gasteiger partial charge in [0.1, 0.15) is 6.61 Å². The molecule has 7 heteroatoms. The molecule has 0 aliphatic carbocycles. The van der Waals surface area contributed by atoms with Crippen molar-refractivity contribution in [1.82, 2.24) is 0 Å². The number of cyclic esters (lactones) is 1. The van der Waals surface area contributed by atoms with E-state index in [2.05, 4.69) is 0 Å². The maximum atomic E-state index is 12.2. The zero-order valence-corrected chi connectivity index (χ0v) is 13.7. The molecule has 2 rings (SSSR count). The predicted molar refractivity (Wildman–Crippen MR) is 78.2 cm³/mol. The van der Waals surface area contributed by atoms with Gasteiger partial charge in [0, 0.05) is 11.7 Å². The lowest BCUT2D eigenvalue weighted by Crippen LogP contribution is -2.35. The Hall–Kier alpha value is -1.89. The molecule has 6 nitrogen and oxygen atoms in total. The van der Waals surface area contributed by atoms with Crippen LogP contribution < -0.4 is 0 Å². The van der Waals surface area contributed by atoms with Gasteiger partial charge in [-0.3, -0.25) is 0 Å². The second-order valence-electron chi connectivity index (χ2n) is 6.13. The van der Waals surface area contributed by atoms with E-state index in [-0.39, 0.29) is 17.1 Å². The molecule has 0 N–H and O–H groups in total. The van der Waals surface area contributed by atoms with Crippen LogP contribution in [0.2, 0.25) is 0 Å². The van der Waals surface area contributed by atoms with Crippen LogP contribution in [0.3, 0.4) is 0 Å². The van der Waals surface area contributed by atoms with Gasteiger partial charge in [-0.2, -0.15) is 0 Å². The van der Waals surface area contributed by atoms with Gasteiger partial charge >= 0.3 is 11.9 Å². The summed E-state index contributed by atoms with van der Waals surface area (Å²) < 4.78 is 33.5. The van der Waals surface area contributed by atoms with Gasteiger partial charge in [0.2, 0.25) is 6.10 Å². The van der Waals surface area contributed by atoms with Crippen molar-refractivity contribution in [2.75, 3.05) is 12.9 Å². The normalized spacial score (nSPS) is 20.5. The Balaban J connectivity index is 2.30. The molecule has 1 atom stereocenters. The van der Waals surface area contributed by atoms with E-state index in [0.717, 1.165) is 6.26 Å². The number of sulfone groups is 1. The summed E-state index contributed by atoms with van der Waals surface area (Å²) in [5, 5.41) is 0. The van der Waals surface area contributed by atoms with Crippen molar-refractivity contribution in [1.29, 1.82) is 0 Å². The molecule has 0 spiro atoms. The first-order valence-corrected chi connectivity index (χ1v) is 8.60. The van der Waals surface area contributed by atoms with Gasteiger partial charge in [-0.1, -0.05) is 19.9 Å². The maximum Gasteiger partial charge on any atom is 0.348 e. The quantitative estimate of drug-likeness (QED) is 0.783. The molecule has 1 saturated heterocycles. The smallest absolute Gasteiger partial charge is 0.348 e. The third-order valence-corrected chi connectivity index (χ3v) is 4.80. The monoisotopic (exact) mass is 326 g/mol. The highest BCUT2D eigenvalue weighted by molar-refractivity contribution is 7.90. The van der Waals surface area contributed by atoms with E-state index < -0.39 is 33.3 Å². The summed E-state index contributed by atoms with van der Waals surface area (Å²) in [6, 6.07) is 4.27. The summed E-state index contributed by atoms with van der Waals surface area (Å²) in [4.78, 5) is 23.9. The van der Waals surface area contributed by atoms with E-state index >= 15 is 0 Å². The summed E-state index contributed by atoms with van der Waals surface area (Å²) >= 11 is 0. The summed E-state index contributed by atoms with van der Waals surface area (Å²) in [6.45, 7) is 5.33. The van der Waals surface area contributed by atoms with Crippen molar-refractivity contribution in [3.8, 4) is 0 Å². The average Bonchev–Trinajstić information content (AvgIpc) is 2.64. The molecule has 0 aromatic heterocycles. The Morgan fingerprint density at radius 2 is 2.00 bits per heavy atom. The van der Waals surface area contributed by atoms with E-state index in [0.29, 0.717) is 5.56 Å². The lowest BCUT2D eigenvalue weighted by molar-refractivity contribution is -0.145. The SMILES string of the molecule is Cc1ccc(C(=O)O[C@@H]2C(=O)OCC2(C)C)cc1S(C)(=O)=O. The standard InChI is InChI=1S/C15H18O6S/c1-9-5-6-10(7-11(9)22(4,18)19)13(16)21-12-14(17)20-8-15(12,2)3/h5-7,12H,8H2,1-4H3/t12-/m1/s1. The largest absolute Gasteiger partial charge is 0.462 e. The highest BCUT2D eigenvalue weighted by atomic mass is 32.2. The van der Waals surface area contributed by atoms with Gasteiger partial charge in [-0.05, 0) is 24.6 Å². The molecule has 1 heterocycles. The minimum atomic E-state index is -3.45. The molecular formula is C15H18O6S. The molecule has 1 aromatic rings. The Kier molecular flexibility index (Phi) is 4.04. The van der Waals surface area contributed by atoms with Crippen molar-refractivity contribution in [3.63, 3.8) is 0 Å². The van der Waals surface area contributed by atoms with Crippen LogP contribution in [0.5, 0.6) is 0 Å². The highest BCUT2D eigenvalue weighted by Crippen LogP contribution is 2.31. The van der Waals surface area contributed by atoms with Gasteiger partial charge in [0.25, 0.3) is 0 Å². The van der Waals surface area contributed by atoms with Crippen LogP contribution >= 0.6 is 0 Å². The van der Waals surface area contributed by atoms with Gasteiger partial charge in [-0.25, -0.2) is 18.0 Å². The van der Waals surface area contributed by atoms with Crippen molar-refractivity contribution in [3.05, 3.63) is 29.3 Å². The van der Waals surface area contributed by atoms with Crippen molar-refractivity contribution >= 4 is 21.8 Å². The molecule has 0 radical (unpaired) electrons. The Bertz CT molecular complexity index is 732. The molecule has 1 aliphatic heterocycles. The maximum absolute atomic E-state index is 12.2. The fourth-order valence-electron chi connectivity index (χ4n) is 2.24. The first-order chi connectivity index (χ1) is 10.0. The topological polar surface area (TPSA) is 86.7 Å². The van der Waals surface area contributed by atoms with Gasteiger partial charge in [0.05, 0.1) is 10.5 Å². The Labute approximate surface area is 129 Å². The zero-order valence-electron chi connectivity index (χ0n) is 12.9. The van der Waals surface area contributed by atoms with E-state index in [1.807, 2.05) is 0 Å². The van der Waals surface area contributed by atoms with Crippen LogP contribution in [0, 0.1) is 12.3 Å². The molecular weight excluding hydrogens is 308 g/mol. The van der Waals surface area contributed by atoms with E-state index in [1.54, 1.807) is 20.8 Å². The van der Waals surface area contributed by atoms with Crippen molar-refractivity contribution in [2.45, 2.75) is 31.8 Å². The third-order valence-electron chi connectivity index (χ3n) is 3.56. The molecule has 0 amide bonds. The van der Waals surface area contributed by atoms with Crippen molar-refractivity contribution < 1.29 is 27.5 Å². The molecule has 0 bridgehead atoms. The zero-order chi connectivity index (χ0) is 16.7. The molecule has 0 saturated carbocycles. The lowest BCUT2D eigenvalue weighted by Gasteiger charge is -2.21. The molecule has 1 aliphatic rings. The average molecular weight is 326 g/mol. The molecule has 1 aromatic carbocycles. The minimum Gasteiger partial charge on any atom is -0.462 e. The number of ether oxygens (including phenoxy) is 2. The van der Waals surface area contributed by atoms with E-state index in [4.69, 9.17) is 9.47 Å². The number of rotatable bonds is 3. The predicted octanol–water partition coefficient (Wildman–Crippen LogP) is 1.51.